The second kappa shape index (κ2) is 4.45. The van der Waals surface area contributed by atoms with E-state index in [2.05, 4.69) is 5.32 Å². The highest BCUT2D eigenvalue weighted by Gasteiger charge is 2.31. The predicted molar refractivity (Wildman–Crippen MR) is 67.3 cm³/mol. The number of carboxylic acids is 1. The van der Waals surface area contributed by atoms with Crippen LogP contribution in [0.1, 0.15) is 18.4 Å². The van der Waals surface area contributed by atoms with E-state index in [9.17, 15) is 13.2 Å². The molecule has 6 nitrogen and oxygen atoms in total. The summed E-state index contributed by atoms with van der Waals surface area (Å²) in [4.78, 5) is 11.5. The monoisotopic (exact) mass is 289 g/mol. The summed E-state index contributed by atoms with van der Waals surface area (Å²) in [5.41, 5.74) is 1.16. The second-order valence-electron chi connectivity index (χ2n) is 3.92. The third-order valence-corrected chi connectivity index (χ3v) is 5.25. The second-order valence-corrected chi connectivity index (χ2v) is 6.87. The van der Waals surface area contributed by atoms with E-state index in [1.165, 1.54) is 0 Å². The average Bonchev–Trinajstić information content (AvgIpc) is 2.69. The van der Waals surface area contributed by atoms with Crippen LogP contribution in [0, 0.1) is 0 Å². The van der Waals surface area contributed by atoms with Crippen LogP contribution < -0.4 is 5.32 Å². The van der Waals surface area contributed by atoms with Gasteiger partial charge < -0.3 is 10.4 Å². The SMILES string of the molecule is CC(C(=O)O)c1ccc2c(c1)SC(S(=O)(=O)O)N2. The lowest BCUT2D eigenvalue weighted by molar-refractivity contribution is -0.138. The number of hydrogen-bond acceptors (Lipinski definition) is 5. The van der Waals surface area contributed by atoms with Crippen LogP contribution in [0.5, 0.6) is 0 Å². The van der Waals surface area contributed by atoms with Gasteiger partial charge in [-0.05, 0) is 24.6 Å². The highest BCUT2D eigenvalue weighted by atomic mass is 32.3. The summed E-state index contributed by atoms with van der Waals surface area (Å²) < 4.78 is 29.8. The summed E-state index contributed by atoms with van der Waals surface area (Å²) in [6.45, 7) is 1.55. The number of benzene rings is 1. The molecule has 2 rings (SSSR count). The molecule has 0 bridgehead atoms. The van der Waals surface area contributed by atoms with Crippen molar-refractivity contribution in [3.8, 4) is 0 Å². The first-order valence-electron chi connectivity index (χ1n) is 5.05. The molecule has 0 amide bonds. The third kappa shape index (κ3) is 2.45. The smallest absolute Gasteiger partial charge is 0.310 e. The van der Waals surface area contributed by atoms with Crippen molar-refractivity contribution < 1.29 is 22.9 Å². The first kappa shape index (κ1) is 13.2. The fourth-order valence-electron chi connectivity index (χ4n) is 1.57. The van der Waals surface area contributed by atoms with Crippen LogP contribution in [-0.2, 0) is 14.9 Å². The molecule has 1 aliphatic heterocycles. The molecule has 0 saturated heterocycles. The predicted octanol–water partition coefficient (Wildman–Crippen LogP) is 1.56. The minimum atomic E-state index is -4.18. The molecule has 1 aliphatic rings. The maximum absolute atomic E-state index is 11.0. The van der Waals surface area contributed by atoms with E-state index >= 15 is 0 Å². The highest BCUT2D eigenvalue weighted by molar-refractivity contribution is 8.12. The Bertz CT molecular complexity index is 598. The minimum absolute atomic E-state index is 0.573. The Morgan fingerprint density at radius 2 is 2.17 bits per heavy atom. The van der Waals surface area contributed by atoms with Gasteiger partial charge in [0.25, 0.3) is 10.1 Å². The van der Waals surface area contributed by atoms with Gasteiger partial charge in [0, 0.05) is 10.6 Å². The van der Waals surface area contributed by atoms with Crippen molar-refractivity contribution in [3.63, 3.8) is 0 Å². The van der Waals surface area contributed by atoms with E-state index in [1.807, 2.05) is 0 Å². The number of anilines is 1. The number of carbonyl (C=O) groups is 1. The fraction of sp³-hybridized carbons (Fsp3) is 0.300. The van der Waals surface area contributed by atoms with Gasteiger partial charge in [-0.15, -0.1) is 0 Å². The van der Waals surface area contributed by atoms with E-state index in [4.69, 9.17) is 9.66 Å². The van der Waals surface area contributed by atoms with E-state index in [-0.39, 0.29) is 0 Å². The maximum atomic E-state index is 11.0. The van der Waals surface area contributed by atoms with E-state index in [1.54, 1.807) is 25.1 Å². The van der Waals surface area contributed by atoms with Gasteiger partial charge in [-0.3, -0.25) is 9.35 Å². The number of hydrogen-bond donors (Lipinski definition) is 3. The molecule has 18 heavy (non-hydrogen) atoms. The van der Waals surface area contributed by atoms with Gasteiger partial charge in [0.2, 0.25) is 4.71 Å². The van der Waals surface area contributed by atoms with Gasteiger partial charge in [0.1, 0.15) is 0 Å². The summed E-state index contributed by atoms with van der Waals surface area (Å²) in [6, 6.07) is 4.86. The topological polar surface area (TPSA) is 104 Å². The van der Waals surface area contributed by atoms with Crippen molar-refractivity contribution in [1.29, 1.82) is 0 Å². The number of aliphatic carboxylic acids is 1. The molecule has 3 N–H and O–H groups in total. The zero-order chi connectivity index (χ0) is 13.5. The summed E-state index contributed by atoms with van der Waals surface area (Å²) in [6.07, 6.45) is 0. The van der Waals surface area contributed by atoms with Crippen LogP contribution in [-0.4, -0.2) is 28.8 Å². The number of thioether (sulfide) groups is 1. The van der Waals surface area contributed by atoms with Gasteiger partial charge in [-0.25, -0.2) is 0 Å². The van der Waals surface area contributed by atoms with Gasteiger partial charge in [-0.1, -0.05) is 17.8 Å². The van der Waals surface area contributed by atoms with E-state index in [0.29, 0.717) is 16.1 Å². The van der Waals surface area contributed by atoms with Crippen LogP contribution >= 0.6 is 11.8 Å². The van der Waals surface area contributed by atoms with E-state index in [0.717, 1.165) is 11.8 Å². The van der Waals surface area contributed by atoms with Crippen molar-refractivity contribution in [2.75, 3.05) is 5.32 Å². The molecule has 0 aliphatic carbocycles. The maximum Gasteiger partial charge on any atom is 0.310 e. The number of nitrogens with one attached hydrogen (secondary N) is 1. The van der Waals surface area contributed by atoms with Gasteiger partial charge in [-0.2, -0.15) is 8.42 Å². The molecule has 0 fully saturated rings. The van der Waals surface area contributed by atoms with Crippen LogP contribution in [0.4, 0.5) is 5.69 Å². The summed E-state index contributed by atoms with van der Waals surface area (Å²) >= 11 is 0.944. The molecular weight excluding hydrogens is 278 g/mol. The van der Waals surface area contributed by atoms with Crippen molar-refractivity contribution in [3.05, 3.63) is 23.8 Å². The molecule has 0 radical (unpaired) electrons. The van der Waals surface area contributed by atoms with Gasteiger partial charge in [0.15, 0.2) is 0 Å². The van der Waals surface area contributed by atoms with Gasteiger partial charge in [0.05, 0.1) is 5.92 Å². The Balaban J connectivity index is 2.30. The molecule has 2 unspecified atom stereocenters. The molecule has 1 heterocycles. The number of carboxylic acid groups (broad SMARTS) is 1. The van der Waals surface area contributed by atoms with E-state index < -0.39 is 26.7 Å². The first-order chi connectivity index (χ1) is 8.29. The molecule has 0 saturated carbocycles. The Hall–Kier alpha value is -1.25. The van der Waals surface area contributed by atoms with Gasteiger partial charge >= 0.3 is 5.97 Å². The van der Waals surface area contributed by atoms with Crippen molar-refractivity contribution >= 4 is 33.5 Å². The molecule has 98 valence electrons. The van der Waals surface area contributed by atoms with Crippen molar-refractivity contribution in [2.24, 2.45) is 0 Å². The third-order valence-electron chi connectivity index (χ3n) is 2.65. The molecule has 1 aromatic rings. The lowest BCUT2D eigenvalue weighted by Gasteiger charge is -2.07. The zero-order valence-corrected chi connectivity index (χ0v) is 11.0. The largest absolute Gasteiger partial charge is 0.481 e. The Kier molecular flexibility index (Phi) is 3.26. The van der Waals surface area contributed by atoms with Crippen molar-refractivity contribution in [2.45, 2.75) is 22.4 Å². The van der Waals surface area contributed by atoms with Crippen molar-refractivity contribution in [1.82, 2.24) is 0 Å². The van der Waals surface area contributed by atoms with Crippen LogP contribution in [0.25, 0.3) is 0 Å². The normalized spacial score (nSPS) is 20.0. The van der Waals surface area contributed by atoms with Crippen LogP contribution in [0.2, 0.25) is 0 Å². The lowest BCUT2D eigenvalue weighted by Crippen LogP contribution is -2.21. The molecule has 2 atom stereocenters. The summed E-state index contributed by atoms with van der Waals surface area (Å²) in [7, 11) is -4.18. The van der Waals surface area contributed by atoms with Crippen LogP contribution in [0.15, 0.2) is 23.1 Å². The van der Waals surface area contributed by atoms with Crippen LogP contribution in [0.3, 0.4) is 0 Å². The fourth-order valence-corrected chi connectivity index (χ4v) is 3.52. The first-order valence-corrected chi connectivity index (χ1v) is 7.43. The Morgan fingerprint density at radius 3 is 2.72 bits per heavy atom. The summed E-state index contributed by atoms with van der Waals surface area (Å²) in [5, 5.41) is 11.6. The molecule has 0 spiro atoms. The zero-order valence-electron chi connectivity index (χ0n) is 9.32. The standard InChI is InChI=1S/C10H11NO5S2/c1-5(9(12)13)6-2-3-7-8(4-6)17-10(11-7)18(14,15)16/h2-5,10-11H,1H3,(H,12,13)(H,14,15,16). The quantitative estimate of drug-likeness (QED) is 0.725. The molecule has 0 aromatic heterocycles. The molecular formula is C10H11NO5S2. The molecule has 8 heteroatoms. The molecule has 1 aromatic carbocycles. The summed E-state index contributed by atoms with van der Waals surface area (Å²) in [5.74, 6) is -1.61. The lowest BCUT2D eigenvalue weighted by atomic mass is 10.0. The number of rotatable bonds is 3. The Labute approximate surface area is 108 Å². The Morgan fingerprint density at radius 1 is 1.50 bits per heavy atom. The average molecular weight is 289 g/mol. The highest BCUT2D eigenvalue weighted by Crippen LogP contribution is 2.41. The number of fused-ring (bicyclic) bond motifs is 1. The minimum Gasteiger partial charge on any atom is -0.481 e.